The lowest BCUT2D eigenvalue weighted by Gasteiger charge is -2.40. The number of aromatic carboxylic acids is 1. The van der Waals surface area contributed by atoms with Gasteiger partial charge in [-0.25, -0.2) is 4.79 Å². The third-order valence-electron chi connectivity index (χ3n) is 6.01. The largest absolute Gasteiger partial charge is 0.478 e. The number of rotatable bonds is 9. The van der Waals surface area contributed by atoms with Gasteiger partial charge in [-0.2, -0.15) is 5.26 Å². The third kappa shape index (κ3) is 6.96. The van der Waals surface area contributed by atoms with E-state index in [1.54, 1.807) is 24.3 Å². The molecule has 4 N–H and O–H groups in total. The molecule has 2 aromatic carbocycles. The second-order valence-corrected chi connectivity index (χ2v) is 8.01. The molecule has 1 unspecified atom stereocenters. The van der Waals surface area contributed by atoms with E-state index in [0.717, 1.165) is 50.9 Å². The summed E-state index contributed by atoms with van der Waals surface area (Å²) in [5.74, 6) is -0.844. The lowest BCUT2D eigenvalue weighted by atomic mass is 9.77. The van der Waals surface area contributed by atoms with Gasteiger partial charge in [-0.15, -0.1) is 12.4 Å². The van der Waals surface area contributed by atoms with E-state index in [-0.39, 0.29) is 23.9 Å². The number of hydrogen-bond acceptors (Lipinski definition) is 5. The predicted octanol–water partition coefficient (Wildman–Crippen LogP) is 3.84. The Bertz CT molecular complexity index is 872. The number of benzene rings is 2. The molecule has 2 aromatic rings. The van der Waals surface area contributed by atoms with Crippen molar-refractivity contribution in [1.82, 2.24) is 5.32 Å². The minimum absolute atomic E-state index is 0. The van der Waals surface area contributed by atoms with Crippen LogP contribution in [0.4, 0.5) is 5.69 Å². The summed E-state index contributed by atoms with van der Waals surface area (Å²) in [6, 6.07) is 16.5. The van der Waals surface area contributed by atoms with E-state index >= 15 is 0 Å². The van der Waals surface area contributed by atoms with Gasteiger partial charge in [0.15, 0.2) is 0 Å². The summed E-state index contributed by atoms with van der Waals surface area (Å²) in [6.45, 7) is 2.27. The molecule has 31 heavy (non-hydrogen) atoms. The van der Waals surface area contributed by atoms with Crippen LogP contribution in [0, 0.1) is 17.2 Å². The predicted molar refractivity (Wildman–Crippen MR) is 124 cm³/mol. The normalized spacial score (nSPS) is 15.9. The average Bonchev–Trinajstić information content (AvgIpc) is 2.77. The maximum Gasteiger partial charge on any atom is 0.335 e. The maximum atomic E-state index is 11.3. The number of carbonyl (C=O) groups is 1. The zero-order chi connectivity index (χ0) is 21.4. The average molecular weight is 444 g/mol. The molecule has 1 aliphatic rings. The number of carboxylic acids is 1. The van der Waals surface area contributed by atoms with Gasteiger partial charge < -0.3 is 20.8 Å². The van der Waals surface area contributed by atoms with Crippen molar-refractivity contribution in [3.8, 4) is 6.07 Å². The topological polar surface area (TPSA) is 105 Å². The van der Waals surface area contributed by atoms with Gasteiger partial charge in [0.25, 0.3) is 0 Å². The first-order chi connectivity index (χ1) is 14.5. The fraction of sp³-hybridized carbons (Fsp3) is 0.417. The minimum Gasteiger partial charge on any atom is -0.478 e. The Morgan fingerprint density at radius 1 is 1.13 bits per heavy atom. The fourth-order valence-electron chi connectivity index (χ4n) is 4.10. The second kappa shape index (κ2) is 11.7. The summed E-state index contributed by atoms with van der Waals surface area (Å²) in [4.78, 5) is 11.0. The number of anilines is 1. The number of piperidine rings is 1. The number of nitriles is 1. The molecule has 1 aliphatic heterocycles. The molecule has 0 spiro atoms. The number of hydrogen-bond donors (Lipinski definition) is 4. The number of nitrogens with zero attached hydrogens (tertiary/aromatic N) is 1. The molecule has 0 bridgehead atoms. The summed E-state index contributed by atoms with van der Waals surface area (Å²) in [6.07, 6.45) is 4.20. The maximum absolute atomic E-state index is 11.3. The van der Waals surface area contributed by atoms with Crippen molar-refractivity contribution >= 4 is 24.1 Å². The number of carboxylic acid groups (broad SMARTS) is 1. The summed E-state index contributed by atoms with van der Waals surface area (Å²) in [5, 5.41) is 36.0. The van der Waals surface area contributed by atoms with Crippen molar-refractivity contribution in [1.29, 1.82) is 5.26 Å². The minimum atomic E-state index is -0.939. The molecule has 0 aromatic heterocycles. The lowest BCUT2D eigenvalue weighted by Crippen LogP contribution is -2.49. The van der Waals surface area contributed by atoms with Crippen molar-refractivity contribution in [2.24, 2.45) is 5.92 Å². The van der Waals surface area contributed by atoms with E-state index in [4.69, 9.17) is 10.4 Å². The van der Waals surface area contributed by atoms with Gasteiger partial charge in [0.05, 0.1) is 22.8 Å². The standard InChI is InChI=1S/C24H29N3O3.ClH/c25-16-19-6-4-18(5-7-19)2-1-3-21(24(30)12-14-26-15-13-24)17-27-22-10-8-20(9-11-22)23(28)29;/h4-11,21,26-27,30H,1-3,12-15,17H2,(H,28,29);1H. The van der Waals surface area contributed by atoms with Crippen LogP contribution in [0.2, 0.25) is 0 Å². The van der Waals surface area contributed by atoms with Crippen LogP contribution in [0.1, 0.15) is 47.2 Å². The highest BCUT2D eigenvalue weighted by atomic mass is 35.5. The molecule has 1 atom stereocenters. The molecule has 1 saturated heterocycles. The van der Waals surface area contributed by atoms with Crippen LogP contribution in [0.25, 0.3) is 0 Å². The van der Waals surface area contributed by atoms with Gasteiger partial charge in [-0.3, -0.25) is 0 Å². The molecule has 7 heteroatoms. The van der Waals surface area contributed by atoms with E-state index in [0.29, 0.717) is 12.1 Å². The molecular formula is C24H30ClN3O3. The van der Waals surface area contributed by atoms with Crippen molar-refractivity contribution in [2.45, 2.75) is 37.7 Å². The summed E-state index contributed by atoms with van der Waals surface area (Å²) in [7, 11) is 0. The highest BCUT2D eigenvalue weighted by Crippen LogP contribution is 2.31. The third-order valence-corrected chi connectivity index (χ3v) is 6.01. The molecule has 6 nitrogen and oxygen atoms in total. The van der Waals surface area contributed by atoms with Gasteiger partial charge in [0.1, 0.15) is 0 Å². The van der Waals surface area contributed by atoms with Crippen LogP contribution < -0.4 is 10.6 Å². The molecule has 0 amide bonds. The van der Waals surface area contributed by atoms with Gasteiger partial charge in [0, 0.05) is 18.2 Å². The molecular weight excluding hydrogens is 414 g/mol. The Kier molecular flexibility index (Phi) is 9.32. The van der Waals surface area contributed by atoms with Crippen LogP contribution in [0.15, 0.2) is 48.5 Å². The molecule has 166 valence electrons. The van der Waals surface area contributed by atoms with Crippen molar-refractivity contribution < 1.29 is 15.0 Å². The van der Waals surface area contributed by atoms with Gasteiger partial charge in [-0.1, -0.05) is 12.1 Å². The first kappa shape index (κ1) is 24.7. The Balaban J connectivity index is 0.00000341. The summed E-state index contributed by atoms with van der Waals surface area (Å²) in [5.41, 5.74) is 2.27. The highest BCUT2D eigenvalue weighted by Gasteiger charge is 2.37. The van der Waals surface area contributed by atoms with Crippen LogP contribution in [-0.4, -0.2) is 41.4 Å². The van der Waals surface area contributed by atoms with E-state index in [9.17, 15) is 9.90 Å². The Hall–Kier alpha value is -2.59. The van der Waals surface area contributed by atoms with Crippen LogP contribution >= 0.6 is 12.4 Å². The molecule has 0 aliphatic carbocycles. The van der Waals surface area contributed by atoms with Crippen LogP contribution in [0.5, 0.6) is 0 Å². The van der Waals surface area contributed by atoms with Crippen LogP contribution in [-0.2, 0) is 6.42 Å². The Morgan fingerprint density at radius 2 is 1.77 bits per heavy atom. The first-order valence-electron chi connectivity index (χ1n) is 10.5. The van der Waals surface area contributed by atoms with E-state index in [2.05, 4.69) is 16.7 Å². The summed E-state index contributed by atoms with van der Waals surface area (Å²) < 4.78 is 0. The quantitative estimate of drug-likeness (QED) is 0.469. The second-order valence-electron chi connectivity index (χ2n) is 8.01. The monoisotopic (exact) mass is 443 g/mol. The van der Waals surface area contributed by atoms with Crippen LogP contribution in [0.3, 0.4) is 0 Å². The zero-order valence-corrected chi connectivity index (χ0v) is 18.3. The van der Waals surface area contributed by atoms with E-state index in [1.807, 2.05) is 24.3 Å². The lowest BCUT2D eigenvalue weighted by molar-refractivity contribution is -0.0425. The van der Waals surface area contributed by atoms with Crippen molar-refractivity contribution in [3.05, 3.63) is 65.2 Å². The van der Waals surface area contributed by atoms with Gasteiger partial charge >= 0.3 is 5.97 Å². The number of halogens is 1. The summed E-state index contributed by atoms with van der Waals surface area (Å²) >= 11 is 0. The fourth-order valence-corrected chi connectivity index (χ4v) is 4.10. The zero-order valence-electron chi connectivity index (χ0n) is 17.5. The smallest absolute Gasteiger partial charge is 0.335 e. The molecule has 3 rings (SSSR count). The number of aryl methyl sites for hydroxylation is 1. The van der Waals surface area contributed by atoms with Gasteiger partial charge in [0.2, 0.25) is 0 Å². The SMILES string of the molecule is Cl.N#Cc1ccc(CCCC(CNc2ccc(C(=O)O)cc2)C2(O)CCNCC2)cc1. The van der Waals surface area contributed by atoms with E-state index < -0.39 is 11.6 Å². The van der Waals surface area contributed by atoms with E-state index in [1.165, 1.54) is 5.56 Å². The Morgan fingerprint density at radius 3 is 2.35 bits per heavy atom. The molecule has 0 saturated carbocycles. The van der Waals surface area contributed by atoms with Gasteiger partial charge in [-0.05, 0) is 87.2 Å². The van der Waals surface area contributed by atoms with Crippen molar-refractivity contribution in [2.75, 3.05) is 25.0 Å². The molecule has 1 heterocycles. The number of aliphatic hydroxyl groups is 1. The first-order valence-corrected chi connectivity index (χ1v) is 10.5. The molecule has 0 radical (unpaired) electrons. The molecule has 1 fully saturated rings. The number of nitrogens with one attached hydrogen (secondary N) is 2. The van der Waals surface area contributed by atoms with Crippen molar-refractivity contribution in [3.63, 3.8) is 0 Å². The Labute approximate surface area is 189 Å². The highest BCUT2D eigenvalue weighted by molar-refractivity contribution is 5.88.